The molecule has 11 heavy (non-hydrogen) atoms. The molecule has 0 aliphatic rings. The summed E-state index contributed by atoms with van der Waals surface area (Å²) in [7, 11) is 3.74. The Labute approximate surface area is 71.2 Å². The van der Waals surface area contributed by atoms with Crippen LogP contribution in [0.3, 0.4) is 0 Å². The molecule has 1 rings (SSSR count). The molecular formula is C8H10FNS. The van der Waals surface area contributed by atoms with Crippen LogP contribution in [0.2, 0.25) is 0 Å². The summed E-state index contributed by atoms with van der Waals surface area (Å²) in [5.74, 6) is -0.278. The largest absolute Gasteiger partial charge is 0.378 e. The summed E-state index contributed by atoms with van der Waals surface area (Å²) in [6.45, 7) is 0. The first-order valence-electron chi connectivity index (χ1n) is 3.27. The zero-order valence-corrected chi connectivity index (χ0v) is 7.40. The molecular weight excluding hydrogens is 161 g/mol. The fraction of sp³-hybridized carbons (Fsp3) is 0.250. The molecule has 0 unspecified atom stereocenters. The maximum atomic E-state index is 12.8. The minimum Gasteiger partial charge on any atom is -0.378 e. The number of rotatable bonds is 1. The first-order chi connectivity index (χ1) is 5.11. The summed E-state index contributed by atoms with van der Waals surface area (Å²) in [5, 5.41) is 0. The predicted octanol–water partition coefficient (Wildman–Crippen LogP) is 2.18. The first kappa shape index (κ1) is 8.40. The molecule has 1 aromatic carbocycles. The van der Waals surface area contributed by atoms with Crippen LogP contribution in [0.15, 0.2) is 23.1 Å². The van der Waals surface area contributed by atoms with E-state index < -0.39 is 0 Å². The molecule has 0 aliphatic carbocycles. The van der Waals surface area contributed by atoms with Crippen LogP contribution in [0.1, 0.15) is 0 Å². The number of nitrogens with zero attached hydrogens (tertiary/aromatic N) is 1. The predicted molar refractivity (Wildman–Crippen MR) is 48.0 cm³/mol. The molecule has 3 heteroatoms. The number of halogens is 1. The van der Waals surface area contributed by atoms with Crippen molar-refractivity contribution in [1.82, 2.24) is 0 Å². The molecule has 0 amide bonds. The van der Waals surface area contributed by atoms with Crippen LogP contribution in [-0.4, -0.2) is 14.1 Å². The molecule has 0 radical (unpaired) electrons. The van der Waals surface area contributed by atoms with Gasteiger partial charge in [-0.3, -0.25) is 0 Å². The van der Waals surface area contributed by atoms with Gasteiger partial charge in [0.1, 0.15) is 5.82 Å². The van der Waals surface area contributed by atoms with Crippen LogP contribution < -0.4 is 4.90 Å². The lowest BCUT2D eigenvalue weighted by atomic mass is 10.3. The molecule has 0 atom stereocenters. The topological polar surface area (TPSA) is 3.24 Å². The van der Waals surface area contributed by atoms with E-state index in [1.807, 2.05) is 25.1 Å². The normalized spacial score (nSPS) is 9.82. The quantitative estimate of drug-likeness (QED) is 0.634. The van der Waals surface area contributed by atoms with Gasteiger partial charge in [-0.15, -0.1) is 12.6 Å². The molecule has 0 spiro atoms. The van der Waals surface area contributed by atoms with E-state index in [1.165, 1.54) is 6.07 Å². The average Bonchev–Trinajstić information content (AvgIpc) is 1.94. The average molecular weight is 171 g/mol. The van der Waals surface area contributed by atoms with E-state index in [2.05, 4.69) is 12.6 Å². The van der Waals surface area contributed by atoms with Gasteiger partial charge in [-0.05, 0) is 18.2 Å². The number of hydrogen-bond acceptors (Lipinski definition) is 2. The van der Waals surface area contributed by atoms with Gasteiger partial charge in [0, 0.05) is 24.7 Å². The summed E-state index contributed by atoms with van der Waals surface area (Å²) in [6.07, 6.45) is 0. The lowest BCUT2D eigenvalue weighted by molar-refractivity contribution is 0.602. The zero-order valence-electron chi connectivity index (χ0n) is 6.50. The second kappa shape index (κ2) is 3.13. The maximum Gasteiger partial charge on any atom is 0.138 e. The van der Waals surface area contributed by atoms with Gasteiger partial charge in [0.05, 0.1) is 0 Å². The van der Waals surface area contributed by atoms with Crippen molar-refractivity contribution in [2.24, 2.45) is 0 Å². The molecule has 0 saturated carbocycles. The van der Waals surface area contributed by atoms with E-state index >= 15 is 0 Å². The highest BCUT2D eigenvalue weighted by molar-refractivity contribution is 7.80. The third-order valence-corrected chi connectivity index (χ3v) is 1.81. The third kappa shape index (κ3) is 1.87. The van der Waals surface area contributed by atoms with Crippen LogP contribution in [-0.2, 0) is 0 Å². The van der Waals surface area contributed by atoms with Crippen LogP contribution in [0.25, 0.3) is 0 Å². The van der Waals surface area contributed by atoms with Crippen molar-refractivity contribution in [3.63, 3.8) is 0 Å². The number of benzene rings is 1. The van der Waals surface area contributed by atoms with Crippen LogP contribution >= 0.6 is 12.6 Å². The fourth-order valence-electron chi connectivity index (χ4n) is 0.774. The first-order valence-corrected chi connectivity index (χ1v) is 3.72. The van der Waals surface area contributed by atoms with E-state index in [4.69, 9.17) is 0 Å². The monoisotopic (exact) mass is 171 g/mol. The summed E-state index contributed by atoms with van der Waals surface area (Å²) >= 11 is 3.92. The lowest BCUT2D eigenvalue weighted by Gasteiger charge is -2.12. The Bertz CT molecular complexity index is 260. The van der Waals surface area contributed by atoms with Crippen molar-refractivity contribution in [1.29, 1.82) is 0 Å². The Morgan fingerprint density at radius 1 is 1.36 bits per heavy atom. The van der Waals surface area contributed by atoms with Gasteiger partial charge >= 0.3 is 0 Å². The Hall–Kier alpha value is -0.700. The highest BCUT2D eigenvalue weighted by Gasteiger charge is 1.99. The van der Waals surface area contributed by atoms with Crippen molar-refractivity contribution < 1.29 is 4.39 Å². The summed E-state index contributed by atoms with van der Waals surface area (Å²) in [4.78, 5) is 2.23. The van der Waals surface area contributed by atoms with Crippen molar-refractivity contribution in [3.05, 3.63) is 24.0 Å². The highest BCUT2D eigenvalue weighted by atomic mass is 32.1. The van der Waals surface area contributed by atoms with Gasteiger partial charge < -0.3 is 4.90 Å². The summed E-state index contributed by atoms with van der Waals surface area (Å²) in [6, 6.07) is 4.93. The SMILES string of the molecule is CN(C)c1ccc(S)c(F)c1. The van der Waals surface area contributed by atoms with Crippen molar-refractivity contribution in [2.45, 2.75) is 4.90 Å². The van der Waals surface area contributed by atoms with Gasteiger partial charge in [0.15, 0.2) is 0 Å². The van der Waals surface area contributed by atoms with Gasteiger partial charge in [-0.25, -0.2) is 4.39 Å². The Kier molecular flexibility index (Phi) is 2.39. The molecule has 60 valence electrons. The number of thiol groups is 1. The van der Waals surface area contributed by atoms with Crippen molar-refractivity contribution in [3.8, 4) is 0 Å². The molecule has 0 fully saturated rings. The molecule has 0 bridgehead atoms. The second-order valence-corrected chi connectivity index (χ2v) is 3.01. The smallest absolute Gasteiger partial charge is 0.138 e. The van der Waals surface area contributed by atoms with Crippen LogP contribution in [0.5, 0.6) is 0 Å². The minimum atomic E-state index is -0.278. The Balaban J connectivity index is 3.05. The Morgan fingerprint density at radius 2 is 2.00 bits per heavy atom. The Morgan fingerprint density at radius 3 is 2.45 bits per heavy atom. The minimum absolute atomic E-state index is 0.278. The molecule has 0 aromatic heterocycles. The third-order valence-electron chi connectivity index (χ3n) is 1.45. The maximum absolute atomic E-state index is 12.8. The molecule has 0 heterocycles. The zero-order chi connectivity index (χ0) is 8.43. The highest BCUT2D eigenvalue weighted by Crippen LogP contribution is 2.18. The van der Waals surface area contributed by atoms with E-state index in [9.17, 15) is 4.39 Å². The van der Waals surface area contributed by atoms with Gasteiger partial charge in [0.25, 0.3) is 0 Å². The number of hydrogen-bond donors (Lipinski definition) is 1. The van der Waals surface area contributed by atoms with Crippen molar-refractivity contribution in [2.75, 3.05) is 19.0 Å². The molecule has 1 nitrogen and oxygen atoms in total. The lowest BCUT2D eigenvalue weighted by Crippen LogP contribution is -2.08. The van der Waals surface area contributed by atoms with E-state index in [1.54, 1.807) is 6.07 Å². The van der Waals surface area contributed by atoms with E-state index in [0.717, 1.165) is 5.69 Å². The number of anilines is 1. The van der Waals surface area contributed by atoms with Gasteiger partial charge in [0.2, 0.25) is 0 Å². The summed E-state index contributed by atoms with van der Waals surface area (Å²) < 4.78 is 12.8. The fourth-order valence-corrected chi connectivity index (χ4v) is 0.913. The van der Waals surface area contributed by atoms with Crippen LogP contribution in [0.4, 0.5) is 10.1 Å². The molecule has 0 aliphatic heterocycles. The molecule has 0 saturated heterocycles. The van der Waals surface area contributed by atoms with E-state index in [-0.39, 0.29) is 5.82 Å². The summed E-state index contributed by atoms with van der Waals surface area (Å²) in [5.41, 5.74) is 0.848. The molecule has 1 aromatic rings. The molecule has 0 N–H and O–H groups in total. The standard InChI is InChI=1S/C8H10FNS/c1-10(2)6-3-4-8(11)7(9)5-6/h3-5,11H,1-2H3. The second-order valence-electron chi connectivity index (χ2n) is 2.53. The van der Waals surface area contributed by atoms with Crippen molar-refractivity contribution >= 4 is 18.3 Å². The van der Waals surface area contributed by atoms with Gasteiger partial charge in [-0.1, -0.05) is 0 Å². The van der Waals surface area contributed by atoms with Gasteiger partial charge in [-0.2, -0.15) is 0 Å². The van der Waals surface area contributed by atoms with Crippen LogP contribution in [0, 0.1) is 5.82 Å². The van der Waals surface area contributed by atoms with E-state index in [0.29, 0.717) is 4.90 Å².